The van der Waals surface area contributed by atoms with Crippen LogP contribution >= 0.6 is 24.8 Å². The number of nitrogens with one attached hydrogen (secondary N) is 4. The van der Waals surface area contributed by atoms with Crippen LogP contribution in [0.15, 0.2) is 10.2 Å². The second-order valence-electron chi connectivity index (χ2n) is 3.41. The van der Waals surface area contributed by atoms with Crippen molar-refractivity contribution in [2.24, 2.45) is 21.7 Å². The molecule has 0 radical (unpaired) electrons. The first kappa shape index (κ1) is 18.8. The molecule has 0 spiro atoms. The van der Waals surface area contributed by atoms with Gasteiger partial charge >= 0.3 is 0 Å². The minimum atomic E-state index is -0.162. The predicted molar refractivity (Wildman–Crippen MR) is 77.9 cm³/mol. The molecule has 0 bridgehead atoms. The Kier molecular flexibility index (Phi) is 9.92. The monoisotopic (exact) mass is 296 g/mol. The van der Waals surface area contributed by atoms with Gasteiger partial charge in [-0.15, -0.1) is 24.8 Å². The van der Waals surface area contributed by atoms with Crippen LogP contribution in [0.1, 0.15) is 25.7 Å². The zero-order valence-corrected chi connectivity index (χ0v) is 11.3. The summed E-state index contributed by atoms with van der Waals surface area (Å²) in [5.74, 6) is -0.324. The zero-order chi connectivity index (χ0) is 12.0. The van der Waals surface area contributed by atoms with Crippen LogP contribution in [0.2, 0.25) is 0 Å². The van der Waals surface area contributed by atoms with Crippen molar-refractivity contribution in [2.45, 2.75) is 25.7 Å². The van der Waals surface area contributed by atoms with E-state index in [1.54, 1.807) is 0 Å². The van der Waals surface area contributed by atoms with E-state index in [4.69, 9.17) is 22.3 Å². The fraction of sp³-hybridized carbons (Fsp3) is 0.500. The van der Waals surface area contributed by atoms with E-state index in [-0.39, 0.29) is 36.7 Å². The summed E-state index contributed by atoms with van der Waals surface area (Å²) in [5.41, 5.74) is 17.0. The lowest BCUT2D eigenvalue weighted by molar-refractivity contribution is 0.870. The van der Waals surface area contributed by atoms with Gasteiger partial charge in [-0.05, 0) is 25.7 Å². The number of nitrogens with zero attached hydrogens (tertiary/aromatic N) is 2. The molecule has 0 aromatic carbocycles. The third-order valence-corrected chi connectivity index (χ3v) is 2.07. The van der Waals surface area contributed by atoms with E-state index in [9.17, 15) is 0 Å². The highest BCUT2D eigenvalue weighted by Gasteiger charge is 2.12. The fourth-order valence-electron chi connectivity index (χ4n) is 1.33. The van der Waals surface area contributed by atoms with Gasteiger partial charge in [0.2, 0.25) is 11.9 Å². The van der Waals surface area contributed by atoms with E-state index in [1.807, 2.05) is 0 Å². The third-order valence-electron chi connectivity index (χ3n) is 2.07. The second kappa shape index (κ2) is 9.49. The molecule has 1 fully saturated rings. The lowest BCUT2D eigenvalue weighted by Crippen LogP contribution is -2.29. The third kappa shape index (κ3) is 7.69. The van der Waals surface area contributed by atoms with Gasteiger partial charge in [0.1, 0.15) is 0 Å². The molecule has 1 aliphatic rings. The first-order chi connectivity index (χ1) is 7.58. The zero-order valence-electron chi connectivity index (χ0n) is 9.69. The lowest BCUT2D eigenvalue weighted by Gasteiger charge is -2.15. The largest absolute Gasteiger partial charge is 0.369 e. The Balaban J connectivity index is 0. The summed E-state index contributed by atoms with van der Waals surface area (Å²) in [6, 6.07) is 0. The fourth-order valence-corrected chi connectivity index (χ4v) is 1.33. The number of hydrogen-bond donors (Lipinski definition) is 6. The molecule has 104 valence electrons. The summed E-state index contributed by atoms with van der Waals surface area (Å²) in [6.07, 6.45) is 3.11. The first-order valence-corrected chi connectivity index (χ1v) is 4.89. The van der Waals surface area contributed by atoms with Crippen LogP contribution in [0, 0.1) is 10.8 Å². The maximum Gasteiger partial charge on any atom is 0.206 e. The van der Waals surface area contributed by atoms with Crippen LogP contribution in [0.3, 0.4) is 0 Å². The Morgan fingerprint density at radius 3 is 1.33 bits per heavy atom. The molecule has 0 aromatic heterocycles. The second-order valence-corrected chi connectivity index (χ2v) is 3.41. The number of guanidine groups is 2. The highest BCUT2D eigenvalue weighted by molar-refractivity contribution is 5.98. The van der Waals surface area contributed by atoms with Gasteiger partial charge in [-0.1, -0.05) is 0 Å². The van der Waals surface area contributed by atoms with Crippen molar-refractivity contribution in [3.05, 3.63) is 0 Å². The van der Waals surface area contributed by atoms with Crippen LogP contribution in [0.4, 0.5) is 0 Å². The Morgan fingerprint density at radius 2 is 1.11 bits per heavy atom. The highest BCUT2D eigenvalue weighted by atomic mass is 35.5. The number of rotatable bonds is 2. The molecule has 18 heavy (non-hydrogen) atoms. The maximum absolute atomic E-state index is 6.95. The van der Waals surface area contributed by atoms with Gasteiger partial charge in [-0.25, -0.2) is 10.9 Å². The summed E-state index contributed by atoms with van der Waals surface area (Å²) < 4.78 is 0. The van der Waals surface area contributed by atoms with Crippen LogP contribution < -0.4 is 22.3 Å². The Hall–Kier alpha value is -1.54. The molecule has 0 saturated heterocycles. The summed E-state index contributed by atoms with van der Waals surface area (Å²) in [4.78, 5) is 0. The van der Waals surface area contributed by atoms with Gasteiger partial charge < -0.3 is 11.5 Å². The Morgan fingerprint density at radius 1 is 0.833 bits per heavy atom. The van der Waals surface area contributed by atoms with Crippen LogP contribution in [0.5, 0.6) is 0 Å². The number of halogens is 2. The van der Waals surface area contributed by atoms with Crippen LogP contribution in [0.25, 0.3) is 0 Å². The molecule has 0 atom stereocenters. The van der Waals surface area contributed by atoms with E-state index in [1.165, 1.54) is 0 Å². The van der Waals surface area contributed by atoms with Crippen molar-refractivity contribution in [1.29, 1.82) is 10.8 Å². The normalized spacial score (nSPS) is 13.6. The molecule has 0 amide bonds. The number of hydrogen-bond acceptors (Lipinski definition) is 4. The predicted octanol–water partition coefficient (Wildman–Crippen LogP) is 0.0821. The molecule has 8 nitrogen and oxygen atoms in total. The molecule has 0 aliphatic heterocycles. The number of nitrogens with two attached hydrogens (primary N) is 2. The molecule has 0 unspecified atom stereocenters. The van der Waals surface area contributed by atoms with Crippen LogP contribution in [-0.2, 0) is 0 Å². The average Bonchev–Trinajstić information content (AvgIpc) is 2.25. The maximum atomic E-state index is 6.95. The molecule has 1 saturated carbocycles. The van der Waals surface area contributed by atoms with E-state index in [0.717, 1.165) is 37.1 Å². The van der Waals surface area contributed by atoms with Crippen molar-refractivity contribution in [2.75, 3.05) is 0 Å². The number of hydrazone groups is 2. The molecule has 0 heterocycles. The minimum absolute atomic E-state index is 0. The first-order valence-electron chi connectivity index (χ1n) is 4.89. The van der Waals surface area contributed by atoms with Crippen molar-refractivity contribution < 1.29 is 0 Å². The van der Waals surface area contributed by atoms with Gasteiger partial charge in [0, 0.05) is 11.4 Å². The molecule has 1 rings (SSSR count). The summed E-state index contributed by atoms with van der Waals surface area (Å²) in [5, 5.41) is 21.9. The van der Waals surface area contributed by atoms with E-state index < -0.39 is 0 Å². The van der Waals surface area contributed by atoms with Crippen molar-refractivity contribution in [3.63, 3.8) is 0 Å². The van der Waals surface area contributed by atoms with Crippen molar-refractivity contribution in [1.82, 2.24) is 10.9 Å². The Labute approximate surface area is 117 Å². The SMILES string of the molecule is Cl.Cl.N=C(N)NN=C1CCC(=NNC(=N)N)CC1. The average molecular weight is 297 g/mol. The Bertz CT molecular complexity index is 305. The summed E-state index contributed by atoms with van der Waals surface area (Å²) in [7, 11) is 0. The molecular weight excluding hydrogens is 279 g/mol. The van der Waals surface area contributed by atoms with Crippen molar-refractivity contribution in [3.8, 4) is 0 Å². The molecular formula is C8H18Cl2N8. The lowest BCUT2D eigenvalue weighted by atomic mass is 9.97. The van der Waals surface area contributed by atoms with Gasteiger partial charge in [0.15, 0.2) is 0 Å². The minimum Gasteiger partial charge on any atom is -0.369 e. The highest BCUT2D eigenvalue weighted by Crippen LogP contribution is 2.12. The summed E-state index contributed by atoms with van der Waals surface area (Å²) >= 11 is 0. The van der Waals surface area contributed by atoms with E-state index in [0.29, 0.717) is 0 Å². The molecule has 10 heteroatoms. The van der Waals surface area contributed by atoms with E-state index in [2.05, 4.69) is 21.1 Å². The molecule has 0 aromatic rings. The standard InChI is InChI=1S/C8H16N8.2ClH/c9-7(10)15-13-5-1-2-6(4-3-5)14-16-8(11)12;;/h1-4H2,(H4,9,10,15)(H4,11,12,16);2*1H. The van der Waals surface area contributed by atoms with Gasteiger partial charge in [-0.2, -0.15) is 10.2 Å². The smallest absolute Gasteiger partial charge is 0.206 e. The van der Waals surface area contributed by atoms with Gasteiger partial charge in [-0.3, -0.25) is 10.8 Å². The van der Waals surface area contributed by atoms with Gasteiger partial charge in [0.05, 0.1) is 0 Å². The topological polar surface area (TPSA) is 149 Å². The quantitative estimate of drug-likeness (QED) is 0.243. The van der Waals surface area contributed by atoms with Crippen molar-refractivity contribution >= 4 is 48.2 Å². The summed E-state index contributed by atoms with van der Waals surface area (Å²) in [6.45, 7) is 0. The molecule has 8 N–H and O–H groups in total. The molecule has 1 aliphatic carbocycles. The van der Waals surface area contributed by atoms with Crippen LogP contribution in [-0.4, -0.2) is 23.3 Å². The van der Waals surface area contributed by atoms with E-state index >= 15 is 0 Å². The van der Waals surface area contributed by atoms with Gasteiger partial charge in [0.25, 0.3) is 0 Å².